The highest BCUT2D eigenvalue weighted by Crippen LogP contribution is 2.19. The normalized spacial score (nSPS) is 12.3. The van der Waals surface area contributed by atoms with Gasteiger partial charge in [-0.1, -0.05) is 32.0 Å². The van der Waals surface area contributed by atoms with Crippen LogP contribution in [-0.2, 0) is 4.79 Å². The van der Waals surface area contributed by atoms with Gasteiger partial charge in [-0.25, -0.2) is 4.79 Å². The molecule has 1 aromatic heterocycles. The highest BCUT2D eigenvalue weighted by Gasteiger charge is 2.21. The van der Waals surface area contributed by atoms with E-state index >= 15 is 0 Å². The molecule has 0 aliphatic heterocycles. The van der Waals surface area contributed by atoms with E-state index in [0.29, 0.717) is 12.3 Å². The van der Waals surface area contributed by atoms with Crippen LogP contribution in [0.3, 0.4) is 0 Å². The summed E-state index contributed by atoms with van der Waals surface area (Å²) in [4.78, 5) is 15.3. The Balaban J connectivity index is 2.10. The molecule has 1 aromatic carbocycles. The van der Waals surface area contributed by atoms with Gasteiger partial charge in [-0.15, -0.1) is 0 Å². The monoisotopic (exact) mass is 275 g/mol. The van der Waals surface area contributed by atoms with E-state index in [-0.39, 0.29) is 11.9 Å². The lowest BCUT2D eigenvalue weighted by atomic mass is 10.0. The van der Waals surface area contributed by atoms with Crippen LogP contribution in [0.25, 0.3) is 11.5 Å². The molecule has 6 nitrogen and oxygen atoms in total. The first-order valence-corrected chi connectivity index (χ1v) is 6.44. The molecule has 0 bridgehead atoms. The molecule has 0 radical (unpaired) electrons. The second-order valence-electron chi connectivity index (χ2n) is 4.95. The highest BCUT2D eigenvalue weighted by molar-refractivity contribution is 5.76. The lowest BCUT2D eigenvalue weighted by molar-refractivity contribution is -0.138. The van der Waals surface area contributed by atoms with Crippen molar-refractivity contribution in [2.75, 3.05) is 5.32 Å². The van der Waals surface area contributed by atoms with Crippen molar-refractivity contribution in [3.8, 4) is 11.5 Å². The van der Waals surface area contributed by atoms with Gasteiger partial charge in [0.15, 0.2) is 0 Å². The fourth-order valence-electron chi connectivity index (χ4n) is 1.83. The van der Waals surface area contributed by atoms with E-state index in [9.17, 15) is 4.79 Å². The number of hydrogen-bond acceptors (Lipinski definition) is 5. The van der Waals surface area contributed by atoms with E-state index in [0.717, 1.165) is 5.56 Å². The predicted octanol–water partition coefficient (Wildman–Crippen LogP) is 2.65. The van der Waals surface area contributed by atoms with E-state index in [2.05, 4.69) is 15.5 Å². The Hall–Kier alpha value is -2.37. The lowest BCUT2D eigenvalue weighted by Crippen LogP contribution is -2.31. The number of carboxylic acids is 1. The van der Waals surface area contributed by atoms with E-state index in [1.807, 2.05) is 44.2 Å². The largest absolute Gasteiger partial charge is 0.480 e. The van der Waals surface area contributed by atoms with Crippen molar-refractivity contribution in [3.05, 3.63) is 30.3 Å². The van der Waals surface area contributed by atoms with Gasteiger partial charge in [-0.3, -0.25) is 0 Å². The Morgan fingerprint density at radius 3 is 2.65 bits per heavy atom. The van der Waals surface area contributed by atoms with E-state index < -0.39 is 12.0 Å². The zero-order valence-corrected chi connectivity index (χ0v) is 11.4. The van der Waals surface area contributed by atoms with Crippen LogP contribution in [0.15, 0.2) is 34.9 Å². The van der Waals surface area contributed by atoms with Gasteiger partial charge in [-0.2, -0.15) is 4.98 Å². The van der Waals surface area contributed by atoms with Crippen molar-refractivity contribution in [1.29, 1.82) is 0 Å². The van der Waals surface area contributed by atoms with Gasteiger partial charge in [0.25, 0.3) is 11.8 Å². The van der Waals surface area contributed by atoms with E-state index in [4.69, 9.17) is 9.63 Å². The van der Waals surface area contributed by atoms with Crippen LogP contribution in [-0.4, -0.2) is 27.3 Å². The maximum absolute atomic E-state index is 11.2. The number of benzene rings is 1. The topological polar surface area (TPSA) is 88.3 Å². The average Bonchev–Trinajstić information content (AvgIpc) is 2.87. The summed E-state index contributed by atoms with van der Waals surface area (Å²) in [6.45, 7) is 3.92. The minimum Gasteiger partial charge on any atom is -0.480 e. The van der Waals surface area contributed by atoms with Gasteiger partial charge < -0.3 is 14.9 Å². The molecule has 0 saturated heterocycles. The van der Waals surface area contributed by atoms with Crippen LogP contribution in [0.1, 0.15) is 20.3 Å². The van der Waals surface area contributed by atoms with Crippen LogP contribution in [0, 0.1) is 5.92 Å². The standard InChI is InChI=1S/C14H17N3O3/c1-9(2)8-11(13(18)19)15-14-16-12(20-17-14)10-6-4-3-5-7-10/h3-7,9,11H,8H2,1-2H3,(H,15,17)(H,18,19)/t11-/m0/s1. The molecular weight excluding hydrogens is 258 g/mol. The second kappa shape index (κ2) is 6.18. The quantitative estimate of drug-likeness (QED) is 0.842. The number of hydrogen-bond donors (Lipinski definition) is 2. The molecule has 2 rings (SSSR count). The summed E-state index contributed by atoms with van der Waals surface area (Å²) in [7, 11) is 0. The summed E-state index contributed by atoms with van der Waals surface area (Å²) in [6, 6.07) is 8.59. The highest BCUT2D eigenvalue weighted by atomic mass is 16.5. The van der Waals surface area contributed by atoms with Crippen molar-refractivity contribution in [2.45, 2.75) is 26.3 Å². The molecule has 106 valence electrons. The summed E-state index contributed by atoms with van der Waals surface area (Å²) >= 11 is 0. The number of rotatable bonds is 6. The molecule has 0 fully saturated rings. The van der Waals surface area contributed by atoms with E-state index in [1.165, 1.54) is 0 Å². The Morgan fingerprint density at radius 1 is 1.35 bits per heavy atom. The molecule has 6 heteroatoms. The first-order chi connectivity index (χ1) is 9.56. The van der Waals surface area contributed by atoms with Crippen LogP contribution in [0.4, 0.5) is 5.95 Å². The third-order valence-electron chi connectivity index (χ3n) is 2.76. The number of anilines is 1. The molecule has 2 aromatic rings. The molecule has 0 amide bonds. The smallest absolute Gasteiger partial charge is 0.326 e. The Kier molecular flexibility index (Phi) is 4.34. The third kappa shape index (κ3) is 3.57. The fourth-order valence-corrected chi connectivity index (χ4v) is 1.83. The van der Waals surface area contributed by atoms with Crippen molar-refractivity contribution in [3.63, 3.8) is 0 Å². The third-order valence-corrected chi connectivity index (χ3v) is 2.76. The van der Waals surface area contributed by atoms with Gasteiger partial charge in [0.2, 0.25) is 0 Å². The minimum atomic E-state index is -0.926. The molecule has 1 heterocycles. The number of aliphatic carboxylic acids is 1. The lowest BCUT2D eigenvalue weighted by Gasteiger charge is -2.14. The molecule has 0 spiro atoms. The number of nitrogens with one attached hydrogen (secondary N) is 1. The molecular formula is C14H17N3O3. The number of aromatic nitrogens is 2. The summed E-state index contributed by atoms with van der Waals surface area (Å²) in [5.74, 6) is -0.118. The summed E-state index contributed by atoms with van der Waals surface area (Å²) < 4.78 is 5.12. The zero-order chi connectivity index (χ0) is 14.5. The predicted molar refractivity (Wildman–Crippen MR) is 74.2 cm³/mol. The van der Waals surface area contributed by atoms with Gasteiger partial charge in [0.1, 0.15) is 6.04 Å². The van der Waals surface area contributed by atoms with Gasteiger partial charge in [0.05, 0.1) is 0 Å². The summed E-state index contributed by atoms with van der Waals surface area (Å²) in [5.41, 5.74) is 0.795. The fraction of sp³-hybridized carbons (Fsp3) is 0.357. The molecule has 1 atom stereocenters. The molecule has 0 aliphatic rings. The first-order valence-electron chi connectivity index (χ1n) is 6.44. The maximum Gasteiger partial charge on any atom is 0.326 e. The summed E-state index contributed by atoms with van der Waals surface area (Å²) in [6.07, 6.45) is 0.491. The molecule has 2 N–H and O–H groups in total. The Bertz CT molecular complexity index is 566. The second-order valence-corrected chi connectivity index (χ2v) is 4.95. The molecule has 20 heavy (non-hydrogen) atoms. The van der Waals surface area contributed by atoms with Crippen molar-refractivity contribution < 1.29 is 14.4 Å². The molecule has 0 aliphatic carbocycles. The maximum atomic E-state index is 11.2. The molecule has 0 unspecified atom stereocenters. The number of carbonyl (C=O) groups is 1. The van der Waals surface area contributed by atoms with Gasteiger partial charge in [0, 0.05) is 5.56 Å². The van der Waals surface area contributed by atoms with Gasteiger partial charge in [-0.05, 0) is 29.6 Å². The Morgan fingerprint density at radius 2 is 2.05 bits per heavy atom. The number of carboxylic acid groups (broad SMARTS) is 1. The average molecular weight is 275 g/mol. The van der Waals surface area contributed by atoms with Crippen LogP contribution >= 0.6 is 0 Å². The molecule has 0 saturated carbocycles. The summed E-state index contributed by atoms with van der Waals surface area (Å²) in [5, 5.41) is 15.7. The minimum absolute atomic E-state index is 0.192. The van der Waals surface area contributed by atoms with Crippen LogP contribution in [0.2, 0.25) is 0 Å². The van der Waals surface area contributed by atoms with Crippen molar-refractivity contribution in [2.24, 2.45) is 5.92 Å². The van der Waals surface area contributed by atoms with Gasteiger partial charge >= 0.3 is 5.97 Å². The Labute approximate surface area is 116 Å². The van der Waals surface area contributed by atoms with Crippen molar-refractivity contribution in [1.82, 2.24) is 10.1 Å². The van der Waals surface area contributed by atoms with Crippen molar-refractivity contribution >= 4 is 11.9 Å². The number of nitrogens with zero attached hydrogens (tertiary/aromatic N) is 2. The van der Waals surface area contributed by atoms with Crippen LogP contribution in [0.5, 0.6) is 0 Å². The first kappa shape index (κ1) is 14.0. The SMILES string of the molecule is CC(C)C[C@H](Nc1noc(-c2ccccc2)n1)C(=O)O. The van der Waals surface area contributed by atoms with E-state index in [1.54, 1.807) is 0 Å². The zero-order valence-electron chi connectivity index (χ0n) is 11.4. The van der Waals surface area contributed by atoms with Crippen LogP contribution < -0.4 is 5.32 Å².